The number of methoxy groups -OCH3 is 1. The Morgan fingerprint density at radius 2 is 1.91 bits per heavy atom. The molecule has 7 heteroatoms. The Morgan fingerprint density at radius 1 is 1.13 bits per heavy atom. The highest BCUT2D eigenvalue weighted by atomic mass is 16.5. The SMILES string of the molecule is COc1ccc(-c2c3c(=O)[nH]ccc3nc3nc(C)nn23)cc1. The minimum absolute atomic E-state index is 0.212. The van der Waals surface area contributed by atoms with Gasteiger partial charge in [0.2, 0.25) is 0 Å². The van der Waals surface area contributed by atoms with Crippen LogP contribution in [-0.2, 0) is 0 Å². The molecular formula is C16H13N5O2. The van der Waals surface area contributed by atoms with E-state index in [1.54, 1.807) is 30.8 Å². The summed E-state index contributed by atoms with van der Waals surface area (Å²) in [6.45, 7) is 1.79. The van der Waals surface area contributed by atoms with Crippen LogP contribution >= 0.6 is 0 Å². The molecule has 0 radical (unpaired) electrons. The zero-order chi connectivity index (χ0) is 16.0. The van der Waals surface area contributed by atoms with Crippen LogP contribution in [0.5, 0.6) is 5.75 Å². The van der Waals surface area contributed by atoms with Gasteiger partial charge in [0.25, 0.3) is 11.3 Å². The molecule has 3 aromatic heterocycles. The molecule has 1 aromatic carbocycles. The summed E-state index contributed by atoms with van der Waals surface area (Å²) in [5.74, 6) is 1.80. The number of aromatic nitrogens is 5. The summed E-state index contributed by atoms with van der Waals surface area (Å²) in [4.78, 5) is 23.8. The fourth-order valence-electron chi connectivity index (χ4n) is 2.65. The molecule has 1 N–H and O–H groups in total. The molecule has 4 rings (SSSR count). The Labute approximate surface area is 130 Å². The first kappa shape index (κ1) is 13.4. The molecule has 4 aromatic rings. The van der Waals surface area contributed by atoms with Gasteiger partial charge in [-0.15, -0.1) is 5.10 Å². The van der Waals surface area contributed by atoms with Gasteiger partial charge < -0.3 is 9.72 Å². The summed E-state index contributed by atoms with van der Waals surface area (Å²) in [7, 11) is 1.61. The molecule has 0 fully saturated rings. The van der Waals surface area contributed by atoms with E-state index in [0.29, 0.717) is 28.2 Å². The van der Waals surface area contributed by atoms with Gasteiger partial charge in [-0.3, -0.25) is 4.79 Å². The van der Waals surface area contributed by atoms with Crippen molar-refractivity contribution >= 4 is 16.7 Å². The van der Waals surface area contributed by atoms with Crippen LogP contribution in [0.1, 0.15) is 5.82 Å². The van der Waals surface area contributed by atoms with Gasteiger partial charge in [0.05, 0.1) is 23.7 Å². The highest BCUT2D eigenvalue weighted by Crippen LogP contribution is 2.27. The van der Waals surface area contributed by atoms with E-state index < -0.39 is 0 Å². The number of hydrogen-bond donors (Lipinski definition) is 1. The first-order valence-electron chi connectivity index (χ1n) is 7.06. The standard InChI is InChI=1S/C16H13N5O2/c1-9-18-16-19-12-7-8-17-15(22)13(12)14(21(16)20-9)10-3-5-11(23-2)6-4-10/h3-8H,1-2H3,(H,17,22). The molecule has 114 valence electrons. The van der Waals surface area contributed by atoms with Gasteiger partial charge in [0, 0.05) is 11.8 Å². The molecule has 0 aliphatic rings. The number of nitrogens with zero attached hydrogens (tertiary/aromatic N) is 4. The Bertz CT molecular complexity index is 1080. The quantitative estimate of drug-likeness (QED) is 0.612. The highest BCUT2D eigenvalue weighted by molar-refractivity contribution is 5.93. The fourth-order valence-corrected chi connectivity index (χ4v) is 2.65. The number of benzene rings is 1. The zero-order valence-electron chi connectivity index (χ0n) is 12.6. The topological polar surface area (TPSA) is 85.2 Å². The summed E-state index contributed by atoms with van der Waals surface area (Å²) < 4.78 is 6.80. The number of fused-ring (bicyclic) bond motifs is 2. The van der Waals surface area contributed by atoms with Crippen molar-refractivity contribution in [2.75, 3.05) is 7.11 Å². The van der Waals surface area contributed by atoms with E-state index in [9.17, 15) is 4.79 Å². The van der Waals surface area contributed by atoms with Crippen LogP contribution in [0.4, 0.5) is 0 Å². The lowest BCUT2D eigenvalue weighted by Crippen LogP contribution is -2.10. The maximum Gasteiger partial charge on any atom is 0.259 e. The molecular weight excluding hydrogens is 294 g/mol. The number of H-pyrrole nitrogens is 1. The maximum absolute atomic E-state index is 12.4. The van der Waals surface area contributed by atoms with E-state index in [0.717, 1.165) is 11.3 Å². The van der Waals surface area contributed by atoms with Gasteiger partial charge >= 0.3 is 0 Å². The second-order valence-corrected chi connectivity index (χ2v) is 5.13. The molecule has 0 aliphatic heterocycles. The molecule has 3 heterocycles. The van der Waals surface area contributed by atoms with E-state index in [-0.39, 0.29) is 5.56 Å². The van der Waals surface area contributed by atoms with Gasteiger partial charge in [0.1, 0.15) is 11.6 Å². The van der Waals surface area contributed by atoms with E-state index in [1.807, 2.05) is 24.3 Å². The minimum atomic E-state index is -0.212. The van der Waals surface area contributed by atoms with Crippen molar-refractivity contribution in [1.29, 1.82) is 0 Å². The number of pyridine rings is 1. The normalized spacial score (nSPS) is 11.2. The van der Waals surface area contributed by atoms with E-state index in [4.69, 9.17) is 4.74 Å². The van der Waals surface area contributed by atoms with Crippen molar-refractivity contribution in [3.05, 3.63) is 52.7 Å². The number of aryl methyl sites for hydroxylation is 1. The van der Waals surface area contributed by atoms with Crippen molar-refractivity contribution in [3.8, 4) is 17.0 Å². The summed E-state index contributed by atoms with van der Waals surface area (Å²) in [6, 6.07) is 9.21. The van der Waals surface area contributed by atoms with Crippen molar-refractivity contribution in [3.63, 3.8) is 0 Å². The molecule has 0 unspecified atom stereocenters. The van der Waals surface area contributed by atoms with Crippen LogP contribution in [0, 0.1) is 6.92 Å². The van der Waals surface area contributed by atoms with Gasteiger partial charge in [-0.25, -0.2) is 4.98 Å². The Kier molecular flexibility index (Phi) is 2.87. The predicted octanol–water partition coefficient (Wildman–Crippen LogP) is 1.95. The van der Waals surface area contributed by atoms with Crippen LogP contribution in [-0.4, -0.2) is 31.7 Å². The number of aromatic amines is 1. The molecule has 0 atom stereocenters. The number of hydrogen-bond acceptors (Lipinski definition) is 5. The molecule has 7 nitrogen and oxygen atoms in total. The Hall–Kier alpha value is -3.22. The van der Waals surface area contributed by atoms with Gasteiger partial charge in [-0.1, -0.05) is 0 Å². The smallest absolute Gasteiger partial charge is 0.259 e. The zero-order valence-corrected chi connectivity index (χ0v) is 12.6. The van der Waals surface area contributed by atoms with Crippen LogP contribution in [0.3, 0.4) is 0 Å². The Morgan fingerprint density at radius 3 is 2.65 bits per heavy atom. The Balaban J connectivity index is 2.17. The van der Waals surface area contributed by atoms with Gasteiger partial charge in [-0.2, -0.15) is 9.50 Å². The summed E-state index contributed by atoms with van der Waals surface area (Å²) in [6.07, 6.45) is 1.58. The van der Waals surface area contributed by atoms with Crippen molar-refractivity contribution < 1.29 is 4.74 Å². The number of nitrogens with one attached hydrogen (secondary N) is 1. The second kappa shape index (κ2) is 4.91. The van der Waals surface area contributed by atoms with Crippen molar-refractivity contribution in [2.24, 2.45) is 0 Å². The average Bonchev–Trinajstić information content (AvgIpc) is 2.93. The van der Waals surface area contributed by atoms with Crippen LogP contribution in [0.15, 0.2) is 41.3 Å². The molecule has 0 aliphatic carbocycles. The molecule has 0 saturated carbocycles. The third-order valence-electron chi connectivity index (χ3n) is 3.67. The van der Waals surface area contributed by atoms with Crippen LogP contribution < -0.4 is 10.3 Å². The van der Waals surface area contributed by atoms with Gasteiger partial charge in [-0.05, 0) is 37.3 Å². The first-order chi connectivity index (χ1) is 11.2. The number of ether oxygens (including phenoxy) is 1. The van der Waals surface area contributed by atoms with Crippen LogP contribution in [0.2, 0.25) is 0 Å². The van der Waals surface area contributed by atoms with E-state index in [2.05, 4.69) is 20.1 Å². The fraction of sp³-hybridized carbons (Fsp3) is 0.125. The van der Waals surface area contributed by atoms with Crippen molar-refractivity contribution in [2.45, 2.75) is 6.92 Å². The monoisotopic (exact) mass is 307 g/mol. The molecule has 0 bridgehead atoms. The average molecular weight is 307 g/mol. The number of rotatable bonds is 2. The van der Waals surface area contributed by atoms with Crippen molar-refractivity contribution in [1.82, 2.24) is 24.6 Å². The third kappa shape index (κ3) is 2.05. The molecule has 0 amide bonds. The molecule has 23 heavy (non-hydrogen) atoms. The van der Waals surface area contributed by atoms with E-state index in [1.165, 1.54) is 0 Å². The van der Waals surface area contributed by atoms with E-state index >= 15 is 0 Å². The largest absolute Gasteiger partial charge is 0.497 e. The first-order valence-corrected chi connectivity index (χ1v) is 7.06. The molecule has 0 saturated heterocycles. The lowest BCUT2D eigenvalue weighted by atomic mass is 10.1. The summed E-state index contributed by atoms with van der Waals surface area (Å²) in [5, 5.41) is 4.86. The second-order valence-electron chi connectivity index (χ2n) is 5.13. The maximum atomic E-state index is 12.4. The lowest BCUT2D eigenvalue weighted by Gasteiger charge is -2.08. The highest BCUT2D eigenvalue weighted by Gasteiger charge is 2.16. The summed E-state index contributed by atoms with van der Waals surface area (Å²) >= 11 is 0. The third-order valence-corrected chi connectivity index (χ3v) is 3.67. The molecule has 0 spiro atoms. The summed E-state index contributed by atoms with van der Waals surface area (Å²) in [5.41, 5.74) is 1.87. The van der Waals surface area contributed by atoms with Crippen LogP contribution in [0.25, 0.3) is 27.9 Å². The lowest BCUT2D eigenvalue weighted by molar-refractivity contribution is 0.415. The predicted molar refractivity (Wildman–Crippen MR) is 85.6 cm³/mol. The van der Waals surface area contributed by atoms with Gasteiger partial charge in [0.15, 0.2) is 0 Å². The minimum Gasteiger partial charge on any atom is -0.497 e.